The van der Waals surface area contributed by atoms with Gasteiger partial charge in [-0.15, -0.1) is 0 Å². The van der Waals surface area contributed by atoms with Crippen molar-refractivity contribution in [2.75, 3.05) is 0 Å². The Morgan fingerprint density at radius 3 is 2.04 bits per heavy atom. The molecule has 0 aliphatic carbocycles. The molecule has 0 saturated heterocycles. The predicted molar refractivity (Wildman–Crippen MR) is 111 cm³/mol. The molecule has 0 aromatic heterocycles. The Morgan fingerprint density at radius 1 is 0.808 bits per heavy atom. The monoisotopic (exact) mass is 414 g/mol. The van der Waals surface area contributed by atoms with Crippen LogP contribution in [-0.2, 0) is 6.42 Å². The lowest BCUT2D eigenvalue weighted by atomic mass is 10.0. The lowest BCUT2D eigenvalue weighted by Crippen LogP contribution is -1.85. The average molecular weight is 415 g/mol. The number of aromatic hydroxyl groups is 1. The molecule has 0 aliphatic rings. The number of aryl methyl sites for hydroxylation is 1. The molecule has 0 unspecified atom stereocenters. The summed E-state index contributed by atoms with van der Waals surface area (Å²) >= 11 is 2.91. The molecule has 0 bridgehead atoms. The summed E-state index contributed by atoms with van der Waals surface area (Å²) in [4.78, 5) is 0. The zero-order chi connectivity index (χ0) is 18.8. The van der Waals surface area contributed by atoms with Crippen molar-refractivity contribution in [3.63, 3.8) is 0 Å². The van der Waals surface area contributed by atoms with E-state index in [-0.39, 0.29) is 10.2 Å². The molecule has 0 fully saturated rings. The minimum Gasteiger partial charge on any atom is -0.505 e. The van der Waals surface area contributed by atoms with Crippen molar-refractivity contribution in [3.05, 3.63) is 88.6 Å². The standard InChI is InChI=1S/C17H20.C6H4BrFO/c1-2-3-5-8-15-11-13-17(14-12-15)16-9-6-4-7-10-16;7-4-2-1-3-5(9)6(4)8/h4,6-7,9-14H,2-3,5,8H2,1H3;1-3,9H. The SMILES string of the molecule is CCCCCc1ccc(-c2ccccc2)cc1.Oc1cccc(Br)c1F. The number of rotatable bonds is 5. The molecule has 0 saturated carbocycles. The Kier molecular flexibility index (Phi) is 8.36. The topological polar surface area (TPSA) is 20.2 Å². The third-order valence-electron chi connectivity index (χ3n) is 4.06. The Bertz CT molecular complexity index is 765. The highest BCUT2D eigenvalue weighted by atomic mass is 79.9. The first-order chi connectivity index (χ1) is 12.6. The molecule has 0 radical (unpaired) electrons. The Morgan fingerprint density at radius 2 is 1.46 bits per heavy atom. The van der Waals surface area contributed by atoms with Gasteiger partial charge in [-0.3, -0.25) is 0 Å². The predicted octanol–water partition coefficient (Wildman–Crippen LogP) is 7.38. The Hall–Kier alpha value is -2.13. The molecule has 3 heteroatoms. The van der Waals surface area contributed by atoms with Crippen LogP contribution in [0.15, 0.2) is 77.3 Å². The van der Waals surface area contributed by atoms with Crippen LogP contribution >= 0.6 is 15.9 Å². The molecular weight excluding hydrogens is 391 g/mol. The van der Waals surface area contributed by atoms with E-state index >= 15 is 0 Å². The maximum atomic E-state index is 12.4. The van der Waals surface area contributed by atoms with E-state index in [1.54, 1.807) is 6.07 Å². The maximum absolute atomic E-state index is 12.4. The fourth-order valence-corrected chi connectivity index (χ4v) is 2.92. The van der Waals surface area contributed by atoms with Crippen LogP contribution in [0.5, 0.6) is 5.75 Å². The fourth-order valence-electron chi connectivity index (χ4n) is 2.57. The normalized spacial score (nSPS) is 10.1. The van der Waals surface area contributed by atoms with Gasteiger partial charge in [0.05, 0.1) is 4.47 Å². The highest BCUT2D eigenvalue weighted by Gasteiger charge is 2.01. The summed E-state index contributed by atoms with van der Waals surface area (Å²) in [6.07, 6.45) is 5.15. The number of phenolic OH excluding ortho intramolecular Hbond substituents is 1. The molecule has 3 rings (SSSR count). The molecule has 0 heterocycles. The largest absolute Gasteiger partial charge is 0.505 e. The summed E-state index contributed by atoms with van der Waals surface area (Å²) in [5.41, 5.74) is 4.07. The summed E-state index contributed by atoms with van der Waals surface area (Å²) < 4.78 is 12.7. The number of unbranched alkanes of at least 4 members (excludes halogenated alkanes) is 2. The van der Waals surface area contributed by atoms with Crippen LogP contribution in [0.25, 0.3) is 11.1 Å². The van der Waals surface area contributed by atoms with Gasteiger partial charge in [0, 0.05) is 0 Å². The van der Waals surface area contributed by atoms with E-state index in [1.807, 2.05) is 0 Å². The van der Waals surface area contributed by atoms with E-state index in [0.29, 0.717) is 0 Å². The van der Waals surface area contributed by atoms with Gasteiger partial charge in [0.2, 0.25) is 0 Å². The molecule has 0 spiro atoms. The third-order valence-corrected chi connectivity index (χ3v) is 4.67. The second kappa shape index (κ2) is 10.8. The van der Waals surface area contributed by atoms with Crippen LogP contribution in [0.4, 0.5) is 4.39 Å². The highest BCUT2D eigenvalue weighted by Crippen LogP contribution is 2.22. The van der Waals surface area contributed by atoms with E-state index in [9.17, 15) is 4.39 Å². The first-order valence-electron chi connectivity index (χ1n) is 8.89. The van der Waals surface area contributed by atoms with Gasteiger partial charge >= 0.3 is 0 Å². The molecule has 1 nitrogen and oxygen atoms in total. The van der Waals surface area contributed by atoms with Gasteiger partial charge in [0.25, 0.3) is 0 Å². The van der Waals surface area contributed by atoms with Gasteiger partial charge in [0.15, 0.2) is 11.6 Å². The van der Waals surface area contributed by atoms with E-state index in [1.165, 1.54) is 54.5 Å². The highest BCUT2D eigenvalue weighted by molar-refractivity contribution is 9.10. The van der Waals surface area contributed by atoms with Gasteiger partial charge in [-0.2, -0.15) is 0 Å². The molecule has 3 aromatic rings. The van der Waals surface area contributed by atoms with Crippen molar-refractivity contribution in [1.82, 2.24) is 0 Å². The smallest absolute Gasteiger partial charge is 0.178 e. The lowest BCUT2D eigenvalue weighted by molar-refractivity contribution is 0.430. The summed E-state index contributed by atoms with van der Waals surface area (Å²) in [7, 11) is 0. The number of halogens is 2. The van der Waals surface area contributed by atoms with Gasteiger partial charge < -0.3 is 5.11 Å². The molecule has 136 valence electrons. The fraction of sp³-hybridized carbons (Fsp3) is 0.217. The van der Waals surface area contributed by atoms with Crippen molar-refractivity contribution in [3.8, 4) is 16.9 Å². The van der Waals surface area contributed by atoms with Crippen LogP contribution in [0, 0.1) is 5.82 Å². The zero-order valence-corrected chi connectivity index (χ0v) is 16.5. The Labute approximate surface area is 163 Å². The van der Waals surface area contributed by atoms with Gasteiger partial charge in [-0.05, 0) is 57.6 Å². The van der Waals surface area contributed by atoms with Gasteiger partial charge in [0.1, 0.15) is 0 Å². The van der Waals surface area contributed by atoms with E-state index in [0.717, 1.165) is 0 Å². The molecule has 0 atom stereocenters. The van der Waals surface area contributed by atoms with Crippen LogP contribution < -0.4 is 0 Å². The van der Waals surface area contributed by atoms with Crippen molar-refractivity contribution < 1.29 is 9.50 Å². The maximum Gasteiger partial charge on any atom is 0.178 e. The van der Waals surface area contributed by atoms with E-state index in [4.69, 9.17) is 5.11 Å². The van der Waals surface area contributed by atoms with Crippen molar-refractivity contribution >= 4 is 15.9 Å². The molecule has 3 aromatic carbocycles. The van der Waals surface area contributed by atoms with Crippen LogP contribution in [0.1, 0.15) is 31.7 Å². The summed E-state index contributed by atoms with van der Waals surface area (Å²) in [6, 6.07) is 23.9. The molecule has 0 amide bonds. The zero-order valence-electron chi connectivity index (χ0n) is 15.0. The summed E-state index contributed by atoms with van der Waals surface area (Å²) in [5.74, 6) is -0.943. The van der Waals surface area contributed by atoms with Gasteiger partial charge in [-0.1, -0.05) is 80.4 Å². The first kappa shape index (κ1) is 20.2. The lowest BCUT2D eigenvalue weighted by Gasteiger charge is -2.04. The van der Waals surface area contributed by atoms with Gasteiger partial charge in [-0.25, -0.2) is 4.39 Å². The van der Waals surface area contributed by atoms with Crippen molar-refractivity contribution in [2.24, 2.45) is 0 Å². The first-order valence-corrected chi connectivity index (χ1v) is 9.68. The second-order valence-electron chi connectivity index (χ2n) is 6.09. The number of benzene rings is 3. The van der Waals surface area contributed by atoms with Crippen LogP contribution in [0.2, 0.25) is 0 Å². The van der Waals surface area contributed by atoms with Crippen molar-refractivity contribution in [1.29, 1.82) is 0 Å². The number of hydrogen-bond donors (Lipinski definition) is 1. The summed E-state index contributed by atoms with van der Waals surface area (Å²) in [6.45, 7) is 2.25. The Balaban J connectivity index is 0.000000228. The average Bonchev–Trinajstić information content (AvgIpc) is 2.68. The van der Waals surface area contributed by atoms with E-state index < -0.39 is 5.82 Å². The third kappa shape index (κ3) is 6.30. The number of phenols is 1. The number of hydrogen-bond acceptors (Lipinski definition) is 1. The van der Waals surface area contributed by atoms with Crippen LogP contribution in [0.3, 0.4) is 0 Å². The minimum atomic E-state index is -0.613. The van der Waals surface area contributed by atoms with Crippen molar-refractivity contribution in [2.45, 2.75) is 32.6 Å². The van der Waals surface area contributed by atoms with Crippen LogP contribution in [-0.4, -0.2) is 5.11 Å². The van der Waals surface area contributed by atoms with E-state index in [2.05, 4.69) is 77.5 Å². The molecule has 0 aliphatic heterocycles. The summed E-state index contributed by atoms with van der Waals surface area (Å²) in [5, 5.41) is 8.70. The quantitative estimate of drug-likeness (QED) is 0.431. The minimum absolute atomic E-state index is 0.280. The molecule has 26 heavy (non-hydrogen) atoms. The second-order valence-corrected chi connectivity index (χ2v) is 6.95. The molecule has 1 N–H and O–H groups in total. The molecular formula is C23H24BrFO.